The van der Waals surface area contributed by atoms with Gasteiger partial charge in [0.15, 0.2) is 11.4 Å². The second kappa shape index (κ2) is 8.60. The standard InChI is InChI=1S/C24H18N4O3S/c29-23-13-17(25-22-14-19(27-28(22)23)16-7-2-1-3-8-16)15-32-21-11-5-4-9-18(21)26-24(30)20-10-6-12-31-20/h1-14,27H,15H2,(H,26,30). The fourth-order valence-corrected chi connectivity index (χ4v) is 4.22. The van der Waals surface area contributed by atoms with Crippen LogP contribution in [0.15, 0.2) is 99.2 Å². The molecule has 0 aliphatic rings. The first-order valence-electron chi connectivity index (χ1n) is 9.91. The quantitative estimate of drug-likeness (QED) is 0.368. The third-order valence-corrected chi connectivity index (χ3v) is 5.95. The van der Waals surface area contributed by atoms with E-state index in [1.807, 2.05) is 60.7 Å². The number of carbonyl (C=O) groups is 1. The minimum absolute atomic E-state index is 0.174. The van der Waals surface area contributed by atoms with Crippen LogP contribution in [0.3, 0.4) is 0 Å². The number of thioether (sulfide) groups is 1. The number of nitrogens with one attached hydrogen (secondary N) is 2. The molecular formula is C24H18N4O3S. The first-order valence-corrected chi connectivity index (χ1v) is 10.9. The Morgan fingerprint density at radius 2 is 1.84 bits per heavy atom. The summed E-state index contributed by atoms with van der Waals surface area (Å²) in [6.45, 7) is 0. The molecule has 0 saturated carbocycles. The van der Waals surface area contributed by atoms with E-state index in [9.17, 15) is 9.59 Å². The van der Waals surface area contributed by atoms with Crippen molar-refractivity contribution in [2.45, 2.75) is 10.6 Å². The predicted octanol–water partition coefficient (Wildman–Crippen LogP) is 4.83. The van der Waals surface area contributed by atoms with Gasteiger partial charge in [-0.2, -0.15) is 0 Å². The Morgan fingerprint density at radius 3 is 2.66 bits per heavy atom. The van der Waals surface area contributed by atoms with Crippen LogP contribution >= 0.6 is 11.8 Å². The summed E-state index contributed by atoms with van der Waals surface area (Å²) in [6.07, 6.45) is 1.46. The third-order valence-electron chi connectivity index (χ3n) is 4.84. The maximum atomic E-state index is 12.6. The molecule has 5 aromatic rings. The second-order valence-corrected chi connectivity index (χ2v) is 8.05. The van der Waals surface area contributed by atoms with Crippen LogP contribution in [0, 0.1) is 0 Å². The molecule has 32 heavy (non-hydrogen) atoms. The molecule has 1 amide bonds. The third kappa shape index (κ3) is 4.08. The van der Waals surface area contributed by atoms with Crippen LogP contribution in [0.1, 0.15) is 16.2 Å². The van der Waals surface area contributed by atoms with Gasteiger partial charge in [-0.1, -0.05) is 42.5 Å². The first-order chi connectivity index (χ1) is 15.7. The zero-order valence-electron chi connectivity index (χ0n) is 16.8. The molecule has 0 bridgehead atoms. The van der Waals surface area contributed by atoms with Crippen molar-refractivity contribution in [1.82, 2.24) is 14.6 Å². The lowest BCUT2D eigenvalue weighted by molar-refractivity contribution is 0.0996. The van der Waals surface area contributed by atoms with Crippen LogP contribution in [0.25, 0.3) is 16.9 Å². The highest BCUT2D eigenvalue weighted by atomic mass is 32.2. The maximum absolute atomic E-state index is 12.6. The number of benzene rings is 2. The zero-order chi connectivity index (χ0) is 21.9. The van der Waals surface area contributed by atoms with Crippen molar-refractivity contribution in [2.24, 2.45) is 0 Å². The Labute approximate surface area is 187 Å². The van der Waals surface area contributed by atoms with Gasteiger partial charge in [0, 0.05) is 22.8 Å². The summed E-state index contributed by atoms with van der Waals surface area (Å²) in [5.41, 5.74) is 3.52. The summed E-state index contributed by atoms with van der Waals surface area (Å²) in [5, 5.41) is 5.97. The van der Waals surface area contributed by atoms with Crippen molar-refractivity contribution < 1.29 is 9.21 Å². The number of carbonyl (C=O) groups excluding carboxylic acids is 1. The lowest BCUT2D eigenvalue weighted by Crippen LogP contribution is -2.15. The smallest absolute Gasteiger partial charge is 0.291 e. The Morgan fingerprint density at radius 1 is 1.03 bits per heavy atom. The number of para-hydroxylation sites is 1. The average Bonchev–Trinajstić information content (AvgIpc) is 3.50. The molecule has 2 aromatic carbocycles. The molecule has 2 N–H and O–H groups in total. The van der Waals surface area contributed by atoms with Crippen LogP contribution in [-0.2, 0) is 5.75 Å². The number of H-pyrrole nitrogens is 1. The number of nitrogens with zero attached hydrogens (tertiary/aromatic N) is 2. The Kier molecular flexibility index (Phi) is 5.35. The second-order valence-electron chi connectivity index (χ2n) is 7.03. The van der Waals surface area contributed by atoms with Gasteiger partial charge in [-0.25, -0.2) is 9.50 Å². The molecular weight excluding hydrogens is 424 g/mol. The van der Waals surface area contributed by atoms with E-state index in [-0.39, 0.29) is 17.2 Å². The van der Waals surface area contributed by atoms with Crippen molar-refractivity contribution in [3.63, 3.8) is 0 Å². The van der Waals surface area contributed by atoms with Crippen molar-refractivity contribution in [3.05, 3.63) is 107 Å². The molecule has 0 aliphatic heterocycles. The Hall–Kier alpha value is -4.04. The molecule has 3 heterocycles. The van der Waals surface area contributed by atoms with Gasteiger partial charge in [0.25, 0.3) is 11.5 Å². The normalized spacial score (nSPS) is 11.0. The lowest BCUT2D eigenvalue weighted by atomic mass is 10.2. The summed E-state index contributed by atoms with van der Waals surface area (Å²) in [6, 6.07) is 23.9. The molecule has 3 aromatic heterocycles. The van der Waals surface area contributed by atoms with Gasteiger partial charge < -0.3 is 9.73 Å². The summed E-state index contributed by atoms with van der Waals surface area (Å²) < 4.78 is 6.59. The highest BCUT2D eigenvalue weighted by molar-refractivity contribution is 7.98. The zero-order valence-corrected chi connectivity index (χ0v) is 17.6. The van der Waals surface area contributed by atoms with E-state index in [1.165, 1.54) is 28.6 Å². The number of fused-ring (bicyclic) bond motifs is 1. The van der Waals surface area contributed by atoms with E-state index in [0.29, 0.717) is 22.8 Å². The molecule has 158 valence electrons. The van der Waals surface area contributed by atoms with E-state index < -0.39 is 0 Å². The topological polar surface area (TPSA) is 92.4 Å². The fourth-order valence-electron chi connectivity index (χ4n) is 3.32. The van der Waals surface area contributed by atoms with Gasteiger partial charge in [-0.05, 0) is 29.8 Å². The number of hydrogen-bond acceptors (Lipinski definition) is 5. The van der Waals surface area contributed by atoms with E-state index in [1.54, 1.807) is 12.1 Å². The molecule has 0 spiro atoms. The largest absolute Gasteiger partial charge is 0.459 e. The molecule has 5 rings (SSSR count). The van der Waals surface area contributed by atoms with Gasteiger partial charge in [-0.15, -0.1) is 11.8 Å². The summed E-state index contributed by atoms with van der Waals surface area (Å²) in [5.74, 6) is 0.402. The minimum Gasteiger partial charge on any atom is -0.459 e. The molecule has 0 saturated heterocycles. The van der Waals surface area contributed by atoms with Gasteiger partial charge >= 0.3 is 0 Å². The lowest BCUT2D eigenvalue weighted by Gasteiger charge is -2.09. The predicted molar refractivity (Wildman–Crippen MR) is 124 cm³/mol. The molecule has 7 nitrogen and oxygen atoms in total. The summed E-state index contributed by atoms with van der Waals surface area (Å²) >= 11 is 1.49. The number of aromatic amines is 1. The first kappa shape index (κ1) is 19.9. The molecule has 0 aliphatic carbocycles. The van der Waals surface area contributed by atoms with E-state index >= 15 is 0 Å². The molecule has 0 atom stereocenters. The summed E-state index contributed by atoms with van der Waals surface area (Å²) in [4.78, 5) is 30.5. The number of anilines is 1. The molecule has 0 unspecified atom stereocenters. The van der Waals surface area contributed by atoms with Crippen LogP contribution in [0.5, 0.6) is 0 Å². The summed E-state index contributed by atoms with van der Waals surface area (Å²) in [7, 11) is 0. The highest BCUT2D eigenvalue weighted by Gasteiger charge is 2.13. The van der Waals surface area contributed by atoms with Gasteiger partial charge in [0.05, 0.1) is 23.3 Å². The van der Waals surface area contributed by atoms with Crippen LogP contribution < -0.4 is 10.9 Å². The van der Waals surface area contributed by atoms with Crippen molar-refractivity contribution in [3.8, 4) is 11.3 Å². The average molecular weight is 443 g/mol. The van der Waals surface area contributed by atoms with Crippen LogP contribution in [0.2, 0.25) is 0 Å². The number of furan rings is 1. The van der Waals surface area contributed by atoms with Gasteiger partial charge in [-0.3, -0.25) is 14.7 Å². The van der Waals surface area contributed by atoms with E-state index in [0.717, 1.165) is 16.2 Å². The molecule has 0 fully saturated rings. The van der Waals surface area contributed by atoms with Crippen LogP contribution in [0.4, 0.5) is 5.69 Å². The molecule has 0 radical (unpaired) electrons. The van der Waals surface area contributed by atoms with E-state index in [4.69, 9.17) is 4.42 Å². The number of rotatable bonds is 6. The number of amides is 1. The van der Waals surface area contributed by atoms with Crippen molar-refractivity contribution >= 4 is 29.0 Å². The Balaban J connectivity index is 1.37. The highest BCUT2D eigenvalue weighted by Crippen LogP contribution is 2.30. The molecule has 8 heteroatoms. The van der Waals surface area contributed by atoms with Gasteiger partial charge in [0.2, 0.25) is 0 Å². The van der Waals surface area contributed by atoms with Crippen molar-refractivity contribution in [2.75, 3.05) is 5.32 Å². The Bertz CT molecular complexity index is 1440. The minimum atomic E-state index is -0.318. The number of hydrogen-bond donors (Lipinski definition) is 2. The number of aromatic nitrogens is 3. The van der Waals surface area contributed by atoms with Gasteiger partial charge in [0.1, 0.15) is 0 Å². The van der Waals surface area contributed by atoms with Crippen LogP contribution in [-0.4, -0.2) is 20.5 Å². The maximum Gasteiger partial charge on any atom is 0.291 e. The van der Waals surface area contributed by atoms with Crippen molar-refractivity contribution in [1.29, 1.82) is 0 Å². The monoisotopic (exact) mass is 442 g/mol. The fraction of sp³-hybridized carbons (Fsp3) is 0.0417. The van der Waals surface area contributed by atoms with E-state index in [2.05, 4.69) is 15.4 Å². The SMILES string of the molecule is O=C(Nc1ccccc1SCc1cc(=O)n2[nH]c(-c3ccccc3)cc2n1)c1ccco1.